The van der Waals surface area contributed by atoms with E-state index in [0.717, 1.165) is 50.9 Å². The van der Waals surface area contributed by atoms with E-state index < -0.39 is 17.8 Å². The van der Waals surface area contributed by atoms with E-state index in [0.29, 0.717) is 23.7 Å². The lowest BCUT2D eigenvalue weighted by Crippen LogP contribution is -2.41. The zero-order chi connectivity index (χ0) is 23.2. The Hall–Kier alpha value is -1.06. The van der Waals surface area contributed by atoms with E-state index in [4.69, 9.17) is 4.74 Å². The van der Waals surface area contributed by atoms with Crippen LogP contribution < -0.4 is 0 Å². The fraction of sp³-hybridized carbons (Fsp3) is 0.926. The first-order valence-corrected chi connectivity index (χ1v) is 12.9. The first kappa shape index (κ1) is 26.2. The van der Waals surface area contributed by atoms with E-state index in [9.17, 15) is 14.7 Å². The summed E-state index contributed by atoms with van der Waals surface area (Å²) < 4.78 is 6.21. The summed E-state index contributed by atoms with van der Waals surface area (Å²) in [4.78, 5) is 25.1. The molecule has 1 N–H and O–H groups in total. The first-order valence-electron chi connectivity index (χ1n) is 12.9. The van der Waals surface area contributed by atoms with Crippen molar-refractivity contribution >= 4 is 11.9 Å². The normalized spacial score (nSPS) is 31.6. The van der Waals surface area contributed by atoms with Crippen molar-refractivity contribution in [3.8, 4) is 0 Å². The molecule has 0 aromatic carbocycles. The minimum Gasteiger partial charge on any atom is -0.481 e. The molecule has 0 heterocycles. The fourth-order valence-corrected chi connectivity index (χ4v) is 6.29. The Kier molecular flexibility index (Phi) is 9.89. The molecule has 4 heteroatoms. The summed E-state index contributed by atoms with van der Waals surface area (Å²) in [5.74, 6) is -0.303. The molecule has 31 heavy (non-hydrogen) atoms. The quantitative estimate of drug-likeness (QED) is 0.391. The second-order valence-electron chi connectivity index (χ2n) is 12.0. The van der Waals surface area contributed by atoms with Crippen molar-refractivity contribution in [1.82, 2.24) is 0 Å². The third-order valence-corrected chi connectivity index (χ3v) is 7.98. The molecule has 2 aliphatic rings. The summed E-state index contributed by atoms with van der Waals surface area (Å²) in [5, 5.41) is 9.74. The van der Waals surface area contributed by atoms with Gasteiger partial charge < -0.3 is 9.84 Å². The summed E-state index contributed by atoms with van der Waals surface area (Å²) in [5.41, 5.74) is 0.303. The molecule has 0 bridgehead atoms. The molecular weight excluding hydrogens is 388 g/mol. The van der Waals surface area contributed by atoms with Gasteiger partial charge in [0.15, 0.2) is 0 Å². The lowest BCUT2D eigenvalue weighted by atomic mass is 9.72. The van der Waals surface area contributed by atoms with Crippen LogP contribution in [0.2, 0.25) is 0 Å². The number of hydrogen-bond donors (Lipinski definition) is 1. The van der Waals surface area contributed by atoms with Crippen molar-refractivity contribution in [3.05, 3.63) is 0 Å². The third-order valence-electron chi connectivity index (χ3n) is 7.98. The van der Waals surface area contributed by atoms with Gasteiger partial charge in [0.2, 0.25) is 0 Å². The van der Waals surface area contributed by atoms with Crippen molar-refractivity contribution < 1.29 is 19.4 Å². The summed E-state index contributed by atoms with van der Waals surface area (Å²) in [6, 6.07) is 0. The zero-order valence-electron chi connectivity index (χ0n) is 21.0. The number of rotatable bonds is 9. The number of ether oxygens (including phenoxy) is 1. The Bertz CT molecular complexity index is 570. The molecule has 2 aliphatic carbocycles. The highest BCUT2D eigenvalue weighted by atomic mass is 16.5. The summed E-state index contributed by atoms with van der Waals surface area (Å²) >= 11 is 0. The maximum Gasteiger partial charge on any atom is 0.310 e. The van der Waals surface area contributed by atoms with Crippen LogP contribution in [0.5, 0.6) is 0 Å². The van der Waals surface area contributed by atoms with Gasteiger partial charge in [-0.1, -0.05) is 67.2 Å². The van der Waals surface area contributed by atoms with E-state index in [1.165, 1.54) is 19.3 Å². The zero-order valence-corrected chi connectivity index (χ0v) is 21.0. The number of aliphatic carboxylic acids is 1. The van der Waals surface area contributed by atoms with Gasteiger partial charge in [-0.3, -0.25) is 9.59 Å². The van der Waals surface area contributed by atoms with Crippen molar-refractivity contribution in [2.24, 2.45) is 40.9 Å². The Morgan fingerprint density at radius 1 is 1.03 bits per heavy atom. The van der Waals surface area contributed by atoms with Crippen LogP contribution >= 0.6 is 0 Å². The average Bonchev–Trinajstić information content (AvgIpc) is 2.69. The summed E-state index contributed by atoms with van der Waals surface area (Å²) in [6.07, 6.45) is 11.5. The lowest BCUT2D eigenvalue weighted by Gasteiger charge is -2.37. The molecule has 0 spiro atoms. The van der Waals surface area contributed by atoms with Crippen LogP contribution in [-0.2, 0) is 14.3 Å². The molecule has 0 aromatic rings. The summed E-state index contributed by atoms with van der Waals surface area (Å²) in [6.45, 7) is 13.4. The van der Waals surface area contributed by atoms with Crippen molar-refractivity contribution in [1.29, 1.82) is 0 Å². The predicted octanol–water partition coefficient (Wildman–Crippen LogP) is 7.10. The highest BCUT2D eigenvalue weighted by Crippen LogP contribution is 2.39. The molecule has 5 atom stereocenters. The number of carboxylic acids is 1. The minimum absolute atomic E-state index is 0.0362. The van der Waals surface area contributed by atoms with Gasteiger partial charge in [0, 0.05) is 0 Å². The molecule has 0 saturated heterocycles. The molecule has 2 saturated carbocycles. The van der Waals surface area contributed by atoms with Gasteiger partial charge in [-0.25, -0.2) is 0 Å². The van der Waals surface area contributed by atoms with Crippen LogP contribution in [0.4, 0.5) is 0 Å². The molecule has 2 rings (SSSR count). The number of esters is 1. The van der Waals surface area contributed by atoms with Crippen LogP contribution in [0, 0.1) is 40.9 Å². The van der Waals surface area contributed by atoms with Gasteiger partial charge in [0.05, 0.1) is 11.8 Å². The fourth-order valence-electron chi connectivity index (χ4n) is 6.29. The smallest absolute Gasteiger partial charge is 0.310 e. The van der Waals surface area contributed by atoms with E-state index >= 15 is 0 Å². The molecule has 0 radical (unpaired) electrons. The maximum absolute atomic E-state index is 13.2. The second kappa shape index (κ2) is 11.7. The first-order chi connectivity index (χ1) is 14.5. The molecule has 5 unspecified atom stereocenters. The Labute approximate surface area is 190 Å². The van der Waals surface area contributed by atoms with Gasteiger partial charge in [-0.15, -0.1) is 0 Å². The van der Waals surface area contributed by atoms with Crippen LogP contribution in [-0.4, -0.2) is 23.1 Å². The molecule has 0 aromatic heterocycles. The van der Waals surface area contributed by atoms with E-state index in [2.05, 4.69) is 34.6 Å². The third kappa shape index (κ3) is 8.09. The second-order valence-corrected chi connectivity index (χ2v) is 12.0. The minimum atomic E-state index is -0.840. The van der Waals surface area contributed by atoms with Gasteiger partial charge in [0.1, 0.15) is 6.10 Å². The van der Waals surface area contributed by atoms with Gasteiger partial charge in [-0.05, 0) is 74.0 Å². The van der Waals surface area contributed by atoms with Crippen molar-refractivity contribution in [2.75, 3.05) is 0 Å². The maximum atomic E-state index is 13.2. The molecule has 0 amide bonds. The van der Waals surface area contributed by atoms with Gasteiger partial charge in [-0.2, -0.15) is 0 Å². The SMILES string of the molecule is CCC1CCC(C(CCC(C)CC(C)(C)C)OC(=O)C2CCCC(C)C2C(=O)O)CC1. The highest BCUT2D eigenvalue weighted by Gasteiger charge is 2.42. The van der Waals surface area contributed by atoms with Gasteiger partial charge >= 0.3 is 11.9 Å². The van der Waals surface area contributed by atoms with Gasteiger partial charge in [0.25, 0.3) is 0 Å². The monoisotopic (exact) mass is 436 g/mol. The van der Waals surface area contributed by atoms with Crippen molar-refractivity contribution in [3.63, 3.8) is 0 Å². The Balaban J connectivity index is 2.06. The molecule has 180 valence electrons. The lowest BCUT2D eigenvalue weighted by molar-refractivity contribution is -0.169. The topological polar surface area (TPSA) is 63.6 Å². The van der Waals surface area contributed by atoms with E-state index in [1.54, 1.807) is 0 Å². The van der Waals surface area contributed by atoms with E-state index in [-0.39, 0.29) is 18.0 Å². The number of hydrogen-bond acceptors (Lipinski definition) is 3. The Morgan fingerprint density at radius 2 is 1.68 bits per heavy atom. The summed E-state index contributed by atoms with van der Waals surface area (Å²) in [7, 11) is 0. The number of carbonyl (C=O) groups is 2. The number of carbonyl (C=O) groups excluding carboxylic acids is 1. The Morgan fingerprint density at radius 3 is 2.23 bits per heavy atom. The van der Waals surface area contributed by atoms with E-state index in [1.807, 2.05) is 6.92 Å². The van der Waals surface area contributed by atoms with Crippen LogP contribution in [0.15, 0.2) is 0 Å². The van der Waals surface area contributed by atoms with Crippen LogP contribution in [0.1, 0.15) is 112 Å². The molecule has 4 nitrogen and oxygen atoms in total. The molecular formula is C27H48O4. The standard InChI is InChI=1S/C27H48O4/c1-7-20-12-14-21(15-13-20)23(16-11-18(2)17-27(4,5)6)31-26(30)22-10-8-9-19(3)24(22)25(28)29/h18-24H,7-17H2,1-6H3,(H,28,29). The van der Waals surface area contributed by atoms with Crippen LogP contribution in [0.3, 0.4) is 0 Å². The van der Waals surface area contributed by atoms with Crippen molar-refractivity contribution in [2.45, 2.75) is 118 Å². The number of carboxylic acid groups (broad SMARTS) is 1. The predicted molar refractivity (Wildman–Crippen MR) is 126 cm³/mol. The molecule has 0 aliphatic heterocycles. The molecule has 2 fully saturated rings. The average molecular weight is 437 g/mol. The van der Waals surface area contributed by atoms with Crippen LogP contribution in [0.25, 0.3) is 0 Å². The largest absolute Gasteiger partial charge is 0.481 e. The highest BCUT2D eigenvalue weighted by molar-refractivity contribution is 5.81.